The summed E-state index contributed by atoms with van der Waals surface area (Å²) >= 11 is 0. The summed E-state index contributed by atoms with van der Waals surface area (Å²) in [5.41, 5.74) is 9.62. The number of carbonyl (C=O) groups excluding carboxylic acids is 2. The van der Waals surface area contributed by atoms with Crippen LogP contribution in [0.1, 0.15) is 26.3 Å². The maximum absolute atomic E-state index is 12.5. The Kier molecular flexibility index (Phi) is 4.20. The minimum absolute atomic E-state index is 0.0689. The van der Waals surface area contributed by atoms with Gasteiger partial charge in [0.15, 0.2) is 5.82 Å². The summed E-state index contributed by atoms with van der Waals surface area (Å²) < 4.78 is 1.88. The van der Waals surface area contributed by atoms with Crippen LogP contribution in [0.25, 0.3) is 0 Å². The molecule has 0 saturated carbocycles. The van der Waals surface area contributed by atoms with Gasteiger partial charge in [-0.3, -0.25) is 9.59 Å². The van der Waals surface area contributed by atoms with Crippen molar-refractivity contribution in [2.24, 2.45) is 0 Å². The summed E-state index contributed by atoms with van der Waals surface area (Å²) in [7, 11) is 1.83. The molecular weight excluding hydrogens is 380 g/mol. The summed E-state index contributed by atoms with van der Waals surface area (Å²) in [5, 5.41) is 7.35. The molecule has 0 fully saturated rings. The molecule has 0 aliphatic carbocycles. The van der Waals surface area contributed by atoms with Crippen LogP contribution in [0.15, 0.2) is 48.5 Å². The van der Waals surface area contributed by atoms with Crippen LogP contribution in [-0.4, -0.2) is 46.6 Å². The number of rotatable bonds is 3. The third-order valence-corrected chi connectivity index (χ3v) is 5.71. The number of nitrogens with one attached hydrogen (secondary N) is 1. The molecule has 0 bridgehead atoms. The molecule has 0 unspecified atom stereocenters. The first kappa shape index (κ1) is 18.2. The summed E-state index contributed by atoms with van der Waals surface area (Å²) in [5.74, 6) is 1.18. The predicted octanol–water partition coefficient (Wildman–Crippen LogP) is 2.50. The quantitative estimate of drug-likeness (QED) is 0.656. The highest BCUT2D eigenvalue weighted by atomic mass is 16.2. The number of nitrogens with two attached hydrogens (primary N) is 1. The van der Waals surface area contributed by atoms with Gasteiger partial charge in [-0.1, -0.05) is 12.1 Å². The van der Waals surface area contributed by atoms with E-state index in [1.54, 1.807) is 29.2 Å². The van der Waals surface area contributed by atoms with Gasteiger partial charge < -0.3 is 20.9 Å². The van der Waals surface area contributed by atoms with Gasteiger partial charge in [0.05, 0.1) is 12.1 Å². The Morgan fingerprint density at radius 2 is 1.93 bits per heavy atom. The number of carbonyl (C=O) groups is 2. The van der Waals surface area contributed by atoms with Crippen molar-refractivity contribution in [1.82, 2.24) is 14.7 Å². The van der Waals surface area contributed by atoms with Crippen LogP contribution >= 0.6 is 0 Å². The van der Waals surface area contributed by atoms with E-state index in [4.69, 9.17) is 5.73 Å². The number of hydrogen-bond acceptors (Lipinski definition) is 5. The Hall–Kier alpha value is -3.81. The maximum Gasteiger partial charge on any atom is 0.258 e. The molecule has 5 rings (SSSR count). The molecule has 2 aromatic carbocycles. The van der Waals surface area contributed by atoms with Gasteiger partial charge in [-0.05, 0) is 42.3 Å². The zero-order valence-corrected chi connectivity index (χ0v) is 16.6. The largest absolute Gasteiger partial charge is 0.398 e. The Labute approximate surface area is 173 Å². The molecule has 0 spiro atoms. The van der Waals surface area contributed by atoms with E-state index in [0.717, 1.165) is 48.7 Å². The van der Waals surface area contributed by atoms with E-state index < -0.39 is 0 Å². The number of nitrogens with zero attached hydrogens (tertiary/aromatic N) is 4. The average molecular weight is 402 g/mol. The molecule has 1 aromatic heterocycles. The summed E-state index contributed by atoms with van der Waals surface area (Å²) in [4.78, 5) is 28.8. The molecule has 8 nitrogen and oxygen atoms in total. The number of likely N-dealkylation sites (N-methyl/N-ethyl adjacent to an activating group) is 1. The first-order chi connectivity index (χ1) is 14.5. The lowest BCUT2D eigenvalue weighted by atomic mass is 9.98. The van der Waals surface area contributed by atoms with E-state index in [9.17, 15) is 9.59 Å². The van der Waals surface area contributed by atoms with E-state index in [-0.39, 0.29) is 11.8 Å². The van der Waals surface area contributed by atoms with E-state index >= 15 is 0 Å². The van der Waals surface area contributed by atoms with Crippen LogP contribution in [0, 0.1) is 0 Å². The van der Waals surface area contributed by atoms with Crippen LogP contribution in [0.2, 0.25) is 0 Å². The fraction of sp³-hybridized carbons (Fsp3) is 0.227. The second-order valence-corrected chi connectivity index (χ2v) is 7.62. The van der Waals surface area contributed by atoms with Crippen LogP contribution in [-0.2, 0) is 13.0 Å². The number of amides is 2. The highest BCUT2D eigenvalue weighted by Gasteiger charge is 2.27. The van der Waals surface area contributed by atoms with Crippen LogP contribution in [0.3, 0.4) is 0 Å². The van der Waals surface area contributed by atoms with Crippen molar-refractivity contribution in [2.75, 3.05) is 36.1 Å². The van der Waals surface area contributed by atoms with Crippen molar-refractivity contribution < 1.29 is 9.59 Å². The lowest BCUT2D eigenvalue weighted by Gasteiger charge is -2.26. The van der Waals surface area contributed by atoms with Crippen molar-refractivity contribution in [3.8, 4) is 0 Å². The number of nitrogen functional groups attached to an aromatic ring is 1. The van der Waals surface area contributed by atoms with Gasteiger partial charge >= 0.3 is 0 Å². The second-order valence-electron chi connectivity index (χ2n) is 7.62. The third kappa shape index (κ3) is 2.97. The number of aromatic nitrogens is 2. The van der Waals surface area contributed by atoms with Crippen LogP contribution < -0.4 is 16.0 Å². The monoisotopic (exact) mass is 402 g/mol. The molecule has 152 valence electrons. The van der Waals surface area contributed by atoms with Gasteiger partial charge in [-0.2, -0.15) is 5.10 Å². The van der Waals surface area contributed by atoms with Gasteiger partial charge in [0.25, 0.3) is 11.8 Å². The minimum atomic E-state index is -0.284. The van der Waals surface area contributed by atoms with Crippen molar-refractivity contribution >= 4 is 34.8 Å². The van der Waals surface area contributed by atoms with E-state index in [1.807, 2.05) is 29.9 Å². The lowest BCUT2D eigenvalue weighted by Crippen LogP contribution is -2.34. The van der Waals surface area contributed by atoms with E-state index in [1.165, 1.54) is 0 Å². The van der Waals surface area contributed by atoms with Gasteiger partial charge in [0.2, 0.25) is 0 Å². The first-order valence-corrected chi connectivity index (χ1v) is 9.91. The summed E-state index contributed by atoms with van der Waals surface area (Å²) in [6.07, 6.45) is 0.846. The Balaban J connectivity index is 1.39. The average Bonchev–Trinajstić information content (AvgIpc) is 3.31. The topological polar surface area (TPSA) is 96.5 Å². The highest BCUT2D eigenvalue weighted by Crippen LogP contribution is 2.34. The van der Waals surface area contributed by atoms with Gasteiger partial charge in [-0.15, -0.1) is 0 Å². The number of para-hydroxylation sites is 1. The van der Waals surface area contributed by atoms with Gasteiger partial charge in [-0.25, -0.2) is 4.68 Å². The fourth-order valence-electron chi connectivity index (χ4n) is 4.07. The molecule has 3 heterocycles. The minimum Gasteiger partial charge on any atom is -0.398 e. The van der Waals surface area contributed by atoms with Crippen molar-refractivity contribution in [2.45, 2.75) is 13.0 Å². The summed E-state index contributed by atoms with van der Waals surface area (Å²) in [6.45, 7) is 2.23. The van der Waals surface area contributed by atoms with Gasteiger partial charge in [0.1, 0.15) is 5.82 Å². The van der Waals surface area contributed by atoms with E-state index in [0.29, 0.717) is 17.1 Å². The zero-order valence-electron chi connectivity index (χ0n) is 16.6. The molecular formula is C22H22N6O2. The molecule has 3 N–H and O–H groups in total. The molecule has 0 radical (unpaired) electrons. The highest BCUT2D eigenvalue weighted by molar-refractivity contribution is 6.07. The molecule has 2 aliphatic heterocycles. The van der Waals surface area contributed by atoms with Crippen LogP contribution in [0.5, 0.6) is 0 Å². The summed E-state index contributed by atoms with van der Waals surface area (Å²) in [6, 6.07) is 14.8. The first-order valence-electron chi connectivity index (χ1n) is 9.91. The van der Waals surface area contributed by atoms with Crippen LogP contribution in [0.4, 0.5) is 23.0 Å². The van der Waals surface area contributed by atoms with Crippen molar-refractivity contribution in [1.29, 1.82) is 0 Å². The van der Waals surface area contributed by atoms with Crippen molar-refractivity contribution in [3.63, 3.8) is 0 Å². The van der Waals surface area contributed by atoms with E-state index in [2.05, 4.69) is 21.4 Å². The number of anilines is 4. The molecule has 8 heteroatoms. The molecule has 30 heavy (non-hydrogen) atoms. The normalized spacial score (nSPS) is 15.2. The number of fused-ring (bicyclic) bond motifs is 2. The molecule has 2 amide bonds. The standard InChI is InChI=1S/C22H22N6O2/c1-26-9-8-14-12-15(6-7-16(14)22(26)30)27-10-11-28-20(27)13-19(25-28)24-21(29)17-4-2-3-5-18(17)23/h2-7,12-13H,8-11,23H2,1H3,(H,24,25,29). The number of hydrogen-bond donors (Lipinski definition) is 2. The Morgan fingerprint density at radius 3 is 2.77 bits per heavy atom. The zero-order chi connectivity index (χ0) is 20.8. The lowest BCUT2D eigenvalue weighted by molar-refractivity contribution is 0.0780. The van der Waals surface area contributed by atoms with Crippen molar-refractivity contribution in [3.05, 3.63) is 65.2 Å². The second kappa shape index (κ2) is 6.91. The molecule has 0 atom stereocenters. The SMILES string of the molecule is CN1CCc2cc(N3CCn4nc(NC(=O)c5ccccc5N)cc43)ccc2C1=O. The molecule has 0 saturated heterocycles. The third-order valence-electron chi connectivity index (χ3n) is 5.71. The fourth-order valence-corrected chi connectivity index (χ4v) is 4.07. The maximum atomic E-state index is 12.5. The molecule has 2 aliphatic rings. The Bertz CT molecular complexity index is 1170. The molecule has 3 aromatic rings. The predicted molar refractivity (Wildman–Crippen MR) is 115 cm³/mol. The number of benzene rings is 2. The Morgan fingerprint density at radius 1 is 1.10 bits per heavy atom. The smallest absolute Gasteiger partial charge is 0.258 e. The van der Waals surface area contributed by atoms with Gasteiger partial charge in [0, 0.05) is 43.1 Å².